The van der Waals surface area contributed by atoms with Crippen molar-refractivity contribution in [2.45, 2.75) is 38.8 Å². The number of nitriles is 1. The molecule has 0 bridgehead atoms. The molecule has 28 heavy (non-hydrogen) atoms. The maximum atomic E-state index is 12.1. The average Bonchev–Trinajstić information content (AvgIpc) is 2.72. The van der Waals surface area contributed by atoms with Crippen molar-refractivity contribution in [3.8, 4) is 6.07 Å². The molecule has 4 nitrogen and oxygen atoms in total. The second-order valence-electron chi connectivity index (χ2n) is 7.43. The number of hydrogen-bond donors (Lipinski definition) is 1. The van der Waals surface area contributed by atoms with Crippen LogP contribution in [-0.4, -0.2) is 23.9 Å². The number of halogens is 1. The Morgan fingerprint density at radius 2 is 1.96 bits per heavy atom. The molecule has 5 heteroatoms. The van der Waals surface area contributed by atoms with Gasteiger partial charge in [-0.25, -0.2) is 0 Å². The third-order valence-electron chi connectivity index (χ3n) is 5.40. The summed E-state index contributed by atoms with van der Waals surface area (Å²) in [5.41, 5.74) is 2.89. The first-order valence-corrected chi connectivity index (χ1v) is 10.2. The molecule has 1 fully saturated rings. The monoisotopic (exact) mass is 395 g/mol. The van der Waals surface area contributed by atoms with Crippen LogP contribution in [0.4, 0.5) is 0 Å². The number of nitrogens with zero attached hydrogens (tertiary/aromatic N) is 2. The molecule has 3 rings (SSSR count). The van der Waals surface area contributed by atoms with Crippen LogP contribution in [0.3, 0.4) is 0 Å². The van der Waals surface area contributed by atoms with E-state index in [9.17, 15) is 10.1 Å². The molecular weight excluding hydrogens is 370 g/mol. The minimum absolute atomic E-state index is 0.102. The van der Waals surface area contributed by atoms with E-state index in [0.717, 1.165) is 55.6 Å². The van der Waals surface area contributed by atoms with Crippen LogP contribution in [0, 0.1) is 17.2 Å². The zero-order valence-electron chi connectivity index (χ0n) is 16.0. The molecule has 0 aliphatic carbocycles. The minimum atomic E-state index is 0.102. The van der Waals surface area contributed by atoms with Crippen LogP contribution < -0.4 is 5.32 Å². The van der Waals surface area contributed by atoms with E-state index in [2.05, 4.69) is 16.3 Å². The van der Waals surface area contributed by atoms with E-state index < -0.39 is 0 Å². The predicted octanol–water partition coefficient (Wildman–Crippen LogP) is 4.52. The summed E-state index contributed by atoms with van der Waals surface area (Å²) in [6, 6.07) is 17.7. The molecule has 0 aromatic heterocycles. The summed E-state index contributed by atoms with van der Waals surface area (Å²) in [6.45, 7) is 3.40. The molecule has 0 radical (unpaired) electrons. The van der Waals surface area contributed by atoms with Gasteiger partial charge in [-0.1, -0.05) is 41.9 Å². The van der Waals surface area contributed by atoms with Gasteiger partial charge >= 0.3 is 0 Å². The quantitative estimate of drug-likeness (QED) is 0.749. The van der Waals surface area contributed by atoms with Crippen molar-refractivity contribution in [2.24, 2.45) is 5.92 Å². The number of carbonyl (C=O) groups excluding carboxylic acids is 1. The summed E-state index contributed by atoms with van der Waals surface area (Å²) in [5, 5.41) is 12.9. The summed E-state index contributed by atoms with van der Waals surface area (Å²) in [4.78, 5) is 14.5. The van der Waals surface area contributed by atoms with Crippen molar-refractivity contribution >= 4 is 17.5 Å². The lowest BCUT2D eigenvalue weighted by molar-refractivity contribution is -0.121. The van der Waals surface area contributed by atoms with E-state index in [0.29, 0.717) is 23.9 Å². The summed E-state index contributed by atoms with van der Waals surface area (Å²) in [5.74, 6) is 0.699. The Bertz CT molecular complexity index is 838. The first-order valence-electron chi connectivity index (χ1n) is 9.85. The molecule has 0 spiro atoms. The van der Waals surface area contributed by atoms with Crippen molar-refractivity contribution in [3.63, 3.8) is 0 Å². The zero-order valence-corrected chi connectivity index (χ0v) is 16.8. The maximum Gasteiger partial charge on any atom is 0.220 e. The van der Waals surface area contributed by atoms with E-state index in [1.165, 1.54) is 0 Å². The molecule has 1 heterocycles. The van der Waals surface area contributed by atoms with Gasteiger partial charge in [0.05, 0.1) is 11.6 Å². The van der Waals surface area contributed by atoms with Crippen molar-refractivity contribution in [1.29, 1.82) is 5.26 Å². The summed E-state index contributed by atoms with van der Waals surface area (Å²) >= 11 is 5.97. The molecule has 146 valence electrons. The van der Waals surface area contributed by atoms with Gasteiger partial charge in [-0.15, -0.1) is 0 Å². The molecule has 1 amide bonds. The molecule has 2 aromatic carbocycles. The standard InChI is InChI=1S/C23H26ClN3O/c24-22-7-3-4-19(14-22)16-26-23(28)9-8-18-10-12-27(13-11-18)17-21-6-2-1-5-20(21)15-25/h1-7,14,18H,8-13,16-17H2,(H,26,28). The minimum Gasteiger partial charge on any atom is -0.352 e. The summed E-state index contributed by atoms with van der Waals surface area (Å²) in [7, 11) is 0. The zero-order chi connectivity index (χ0) is 19.8. The number of benzene rings is 2. The van der Waals surface area contributed by atoms with Crippen molar-refractivity contribution in [2.75, 3.05) is 13.1 Å². The van der Waals surface area contributed by atoms with E-state index in [-0.39, 0.29) is 5.91 Å². The van der Waals surface area contributed by atoms with Gasteiger partial charge in [-0.3, -0.25) is 9.69 Å². The van der Waals surface area contributed by atoms with Crippen LogP contribution >= 0.6 is 11.6 Å². The van der Waals surface area contributed by atoms with Crippen LogP contribution in [0.5, 0.6) is 0 Å². The molecule has 0 saturated carbocycles. The molecule has 1 N–H and O–H groups in total. The lowest BCUT2D eigenvalue weighted by atomic mass is 9.91. The highest BCUT2D eigenvalue weighted by atomic mass is 35.5. The van der Waals surface area contributed by atoms with E-state index in [1.807, 2.05) is 48.5 Å². The Morgan fingerprint density at radius 1 is 1.18 bits per heavy atom. The molecule has 0 unspecified atom stereocenters. The van der Waals surface area contributed by atoms with E-state index >= 15 is 0 Å². The number of nitrogens with one attached hydrogen (secondary N) is 1. The van der Waals surface area contributed by atoms with Gasteiger partial charge in [-0.05, 0) is 67.6 Å². The fourth-order valence-electron chi connectivity index (χ4n) is 3.71. The van der Waals surface area contributed by atoms with E-state index in [1.54, 1.807) is 0 Å². The molecule has 1 saturated heterocycles. The van der Waals surface area contributed by atoms with Crippen molar-refractivity contribution in [1.82, 2.24) is 10.2 Å². The normalized spacial score (nSPS) is 15.1. The lowest BCUT2D eigenvalue weighted by Gasteiger charge is -2.32. The highest BCUT2D eigenvalue weighted by Gasteiger charge is 2.20. The number of carbonyl (C=O) groups is 1. The smallest absolute Gasteiger partial charge is 0.220 e. The fourth-order valence-corrected chi connectivity index (χ4v) is 3.93. The average molecular weight is 396 g/mol. The summed E-state index contributed by atoms with van der Waals surface area (Å²) in [6.07, 6.45) is 3.72. The first kappa shape index (κ1) is 20.4. The van der Waals surface area contributed by atoms with Crippen molar-refractivity contribution in [3.05, 3.63) is 70.2 Å². The third-order valence-corrected chi connectivity index (χ3v) is 5.63. The maximum absolute atomic E-state index is 12.1. The number of rotatable bonds is 7. The van der Waals surface area contributed by atoms with Gasteiger partial charge in [-0.2, -0.15) is 5.26 Å². The van der Waals surface area contributed by atoms with Crippen LogP contribution in [0.15, 0.2) is 48.5 Å². The predicted molar refractivity (Wildman–Crippen MR) is 112 cm³/mol. The second-order valence-corrected chi connectivity index (χ2v) is 7.87. The van der Waals surface area contributed by atoms with E-state index in [4.69, 9.17) is 11.6 Å². The Morgan fingerprint density at radius 3 is 2.71 bits per heavy atom. The number of piperidine rings is 1. The van der Waals surface area contributed by atoms with Crippen LogP contribution in [0.25, 0.3) is 0 Å². The third kappa shape index (κ3) is 6.09. The van der Waals surface area contributed by atoms with Crippen LogP contribution in [0.1, 0.15) is 42.4 Å². The first-order chi connectivity index (χ1) is 13.6. The fraction of sp³-hybridized carbons (Fsp3) is 0.391. The van der Waals surface area contributed by atoms with Gasteiger partial charge in [0, 0.05) is 24.5 Å². The van der Waals surface area contributed by atoms with Crippen molar-refractivity contribution < 1.29 is 4.79 Å². The largest absolute Gasteiger partial charge is 0.352 e. The SMILES string of the molecule is N#Cc1ccccc1CN1CCC(CCC(=O)NCc2cccc(Cl)c2)CC1. The van der Waals surface area contributed by atoms with Crippen LogP contribution in [0.2, 0.25) is 5.02 Å². The number of amides is 1. The Labute approximate surface area is 172 Å². The highest BCUT2D eigenvalue weighted by Crippen LogP contribution is 2.23. The molecular formula is C23H26ClN3O. The summed E-state index contributed by atoms with van der Waals surface area (Å²) < 4.78 is 0. The van der Waals surface area contributed by atoms with Gasteiger partial charge in [0.1, 0.15) is 0 Å². The highest BCUT2D eigenvalue weighted by molar-refractivity contribution is 6.30. The van der Waals surface area contributed by atoms with Crippen LogP contribution in [-0.2, 0) is 17.9 Å². The molecule has 1 aliphatic heterocycles. The molecule has 2 aromatic rings. The second kappa shape index (κ2) is 10.3. The Balaban J connectivity index is 1.36. The van der Waals surface area contributed by atoms with Gasteiger partial charge in [0.2, 0.25) is 5.91 Å². The lowest BCUT2D eigenvalue weighted by Crippen LogP contribution is -2.34. The molecule has 0 atom stereocenters. The Hall–Kier alpha value is -2.35. The number of hydrogen-bond acceptors (Lipinski definition) is 3. The Kier molecular flexibility index (Phi) is 7.47. The van der Waals surface area contributed by atoms with Gasteiger partial charge in [0.15, 0.2) is 0 Å². The molecule has 1 aliphatic rings. The topological polar surface area (TPSA) is 56.1 Å². The van der Waals surface area contributed by atoms with Gasteiger partial charge in [0.25, 0.3) is 0 Å². The van der Waals surface area contributed by atoms with Gasteiger partial charge < -0.3 is 5.32 Å². The number of likely N-dealkylation sites (tertiary alicyclic amines) is 1.